The zero-order valence-corrected chi connectivity index (χ0v) is 21.3. The maximum Gasteiger partial charge on any atom is 0.282 e. The quantitative estimate of drug-likeness (QED) is 0.534. The molecule has 4 rings (SSSR count). The van der Waals surface area contributed by atoms with Gasteiger partial charge in [0.25, 0.3) is 5.91 Å². The van der Waals surface area contributed by atoms with Crippen molar-refractivity contribution < 1.29 is 14.3 Å². The number of likely N-dealkylation sites (N-methyl/N-ethyl adjacent to an activating group) is 1. The first-order valence-corrected chi connectivity index (χ1v) is 13.0. The molecule has 0 atom stereocenters. The predicted molar refractivity (Wildman–Crippen MR) is 135 cm³/mol. The second-order valence-electron chi connectivity index (χ2n) is 8.31. The summed E-state index contributed by atoms with van der Waals surface area (Å²) >= 11 is 2.93. The van der Waals surface area contributed by atoms with Crippen molar-refractivity contribution in [1.29, 1.82) is 0 Å². The fraction of sp³-hybridized carbons (Fsp3) is 0.417. The largest absolute Gasteiger partial charge is 0.494 e. The molecule has 0 aliphatic carbocycles. The molecule has 0 bridgehead atoms. The monoisotopic (exact) mass is 499 g/mol. The summed E-state index contributed by atoms with van der Waals surface area (Å²) in [5.74, 6) is 0.238. The third-order valence-corrected chi connectivity index (χ3v) is 7.77. The lowest BCUT2D eigenvalue weighted by atomic mass is 10.1. The molecular formula is C24H29N5O3S2. The van der Waals surface area contributed by atoms with Crippen LogP contribution in [0, 0.1) is 6.92 Å². The molecule has 0 unspecified atom stereocenters. The summed E-state index contributed by atoms with van der Waals surface area (Å²) in [6.45, 7) is 7.71. The molecule has 0 radical (unpaired) electrons. The van der Waals surface area contributed by atoms with Crippen molar-refractivity contribution >= 4 is 34.5 Å². The molecule has 0 saturated carbocycles. The number of hydrogen-bond acceptors (Lipinski definition) is 8. The molecule has 2 amide bonds. The third-order valence-electron chi connectivity index (χ3n) is 5.76. The molecular weight excluding hydrogens is 470 g/mol. The normalized spacial score (nSPS) is 14.7. The number of hydrogen-bond donors (Lipinski definition) is 1. The van der Waals surface area contributed by atoms with Crippen LogP contribution in [0.4, 0.5) is 0 Å². The molecule has 0 spiro atoms. The Kier molecular flexibility index (Phi) is 7.60. The van der Waals surface area contributed by atoms with Crippen LogP contribution in [0.2, 0.25) is 0 Å². The fourth-order valence-electron chi connectivity index (χ4n) is 3.94. The van der Waals surface area contributed by atoms with Crippen molar-refractivity contribution in [1.82, 2.24) is 19.8 Å². The van der Waals surface area contributed by atoms with Gasteiger partial charge >= 0.3 is 0 Å². The summed E-state index contributed by atoms with van der Waals surface area (Å²) in [6.07, 6.45) is 1.49. The van der Waals surface area contributed by atoms with Crippen LogP contribution in [-0.4, -0.2) is 71.4 Å². The van der Waals surface area contributed by atoms with Crippen LogP contribution >= 0.6 is 22.7 Å². The number of primary amides is 1. The van der Waals surface area contributed by atoms with Crippen LogP contribution in [0.5, 0.6) is 5.75 Å². The van der Waals surface area contributed by atoms with E-state index in [9.17, 15) is 9.59 Å². The Balaban J connectivity index is 1.54. The molecule has 1 aromatic carbocycles. The van der Waals surface area contributed by atoms with Crippen LogP contribution < -0.4 is 10.5 Å². The number of rotatable bonds is 7. The highest BCUT2D eigenvalue weighted by Gasteiger charge is 2.24. The predicted octanol–water partition coefficient (Wildman–Crippen LogP) is 3.44. The average molecular weight is 500 g/mol. The molecule has 3 heterocycles. The number of ether oxygens (including phenoxy) is 1. The maximum atomic E-state index is 13.1. The van der Waals surface area contributed by atoms with Gasteiger partial charge in [-0.25, -0.2) is 9.97 Å². The highest BCUT2D eigenvalue weighted by molar-refractivity contribution is 7.17. The lowest BCUT2D eigenvalue weighted by molar-refractivity contribution is 0.0762. The average Bonchev–Trinajstić information content (AvgIpc) is 3.36. The van der Waals surface area contributed by atoms with E-state index in [1.54, 1.807) is 18.2 Å². The Morgan fingerprint density at radius 1 is 1.18 bits per heavy atom. The maximum absolute atomic E-state index is 13.1. The molecule has 2 aromatic heterocycles. The number of aromatic nitrogens is 2. The summed E-state index contributed by atoms with van der Waals surface area (Å²) < 4.78 is 5.73. The van der Waals surface area contributed by atoms with Gasteiger partial charge in [0.05, 0.1) is 27.9 Å². The van der Waals surface area contributed by atoms with Crippen LogP contribution in [0.3, 0.4) is 0 Å². The molecule has 8 nitrogen and oxygen atoms in total. The summed E-state index contributed by atoms with van der Waals surface area (Å²) in [5.41, 5.74) is 8.39. The SMILES string of the molecule is CCOc1ccc(C(N)=O)cc1Cc1nc(-c2sc(C(=O)N3CCCN(C)CC3)nc2C)cs1. The molecule has 3 aromatic rings. The van der Waals surface area contributed by atoms with E-state index in [2.05, 4.69) is 16.9 Å². The second kappa shape index (κ2) is 10.6. The van der Waals surface area contributed by atoms with Crippen LogP contribution in [0.1, 0.15) is 49.8 Å². The second-order valence-corrected chi connectivity index (χ2v) is 10.2. The van der Waals surface area contributed by atoms with Crippen molar-refractivity contribution in [2.45, 2.75) is 26.7 Å². The van der Waals surface area contributed by atoms with E-state index in [0.29, 0.717) is 29.3 Å². The molecule has 2 N–H and O–H groups in total. The summed E-state index contributed by atoms with van der Waals surface area (Å²) in [5, 5.41) is 3.39. The van der Waals surface area contributed by atoms with Crippen molar-refractivity contribution in [2.75, 3.05) is 39.8 Å². The number of benzene rings is 1. The van der Waals surface area contributed by atoms with Crippen molar-refractivity contribution in [2.24, 2.45) is 5.73 Å². The molecule has 34 heavy (non-hydrogen) atoms. The topological polar surface area (TPSA) is 102 Å². The van der Waals surface area contributed by atoms with Crippen LogP contribution in [0.15, 0.2) is 23.6 Å². The molecule has 1 aliphatic rings. The highest BCUT2D eigenvalue weighted by Crippen LogP contribution is 2.33. The van der Waals surface area contributed by atoms with Gasteiger partial charge in [0.15, 0.2) is 5.01 Å². The summed E-state index contributed by atoms with van der Waals surface area (Å²) in [6, 6.07) is 5.21. The van der Waals surface area contributed by atoms with E-state index in [1.807, 2.05) is 24.1 Å². The number of carbonyl (C=O) groups is 2. The smallest absolute Gasteiger partial charge is 0.282 e. The van der Waals surface area contributed by atoms with Gasteiger partial charge in [-0.2, -0.15) is 0 Å². The highest BCUT2D eigenvalue weighted by atomic mass is 32.1. The molecule has 1 saturated heterocycles. The number of nitrogens with two attached hydrogens (primary N) is 1. The zero-order valence-electron chi connectivity index (χ0n) is 19.7. The van der Waals surface area contributed by atoms with Gasteiger partial charge in [0.2, 0.25) is 5.91 Å². The minimum Gasteiger partial charge on any atom is -0.494 e. The Bertz CT molecular complexity index is 1190. The Hall–Kier alpha value is -2.82. The molecule has 180 valence electrons. The summed E-state index contributed by atoms with van der Waals surface area (Å²) in [4.78, 5) is 39.2. The zero-order chi connectivity index (χ0) is 24.2. The number of amides is 2. The summed E-state index contributed by atoms with van der Waals surface area (Å²) in [7, 11) is 2.08. The molecule has 10 heteroatoms. The van der Waals surface area contributed by atoms with Gasteiger partial charge in [0.1, 0.15) is 5.75 Å². The van der Waals surface area contributed by atoms with Crippen LogP contribution in [-0.2, 0) is 6.42 Å². The van der Waals surface area contributed by atoms with E-state index < -0.39 is 5.91 Å². The minimum absolute atomic E-state index is 0.00488. The van der Waals surface area contributed by atoms with E-state index >= 15 is 0 Å². The van der Waals surface area contributed by atoms with Crippen molar-refractivity contribution in [3.63, 3.8) is 0 Å². The van der Waals surface area contributed by atoms with Gasteiger partial charge in [-0.15, -0.1) is 22.7 Å². The van der Waals surface area contributed by atoms with E-state index in [1.165, 1.54) is 22.7 Å². The van der Waals surface area contributed by atoms with Crippen molar-refractivity contribution in [3.05, 3.63) is 50.4 Å². The molecule has 1 aliphatic heterocycles. The van der Waals surface area contributed by atoms with Gasteiger partial charge in [-0.05, 0) is 52.1 Å². The fourth-order valence-corrected chi connectivity index (χ4v) is 5.81. The molecule has 1 fully saturated rings. The first-order chi connectivity index (χ1) is 16.4. The van der Waals surface area contributed by atoms with Crippen molar-refractivity contribution in [3.8, 4) is 16.3 Å². The number of carbonyl (C=O) groups excluding carboxylic acids is 2. The first kappa shape index (κ1) is 24.3. The first-order valence-electron chi connectivity index (χ1n) is 11.3. The van der Waals surface area contributed by atoms with Gasteiger partial charge in [-0.3, -0.25) is 9.59 Å². The van der Waals surface area contributed by atoms with Gasteiger partial charge < -0.3 is 20.3 Å². The van der Waals surface area contributed by atoms with E-state index in [0.717, 1.165) is 59.4 Å². The third kappa shape index (κ3) is 5.45. The Morgan fingerprint density at radius 3 is 2.76 bits per heavy atom. The van der Waals surface area contributed by atoms with Gasteiger partial charge in [0, 0.05) is 42.6 Å². The Morgan fingerprint density at radius 2 is 2.00 bits per heavy atom. The van der Waals surface area contributed by atoms with E-state index in [-0.39, 0.29) is 5.91 Å². The minimum atomic E-state index is -0.474. The lowest BCUT2D eigenvalue weighted by Gasteiger charge is -2.19. The van der Waals surface area contributed by atoms with Crippen LogP contribution in [0.25, 0.3) is 10.6 Å². The lowest BCUT2D eigenvalue weighted by Crippen LogP contribution is -2.34. The van der Waals surface area contributed by atoms with E-state index in [4.69, 9.17) is 15.5 Å². The standard InChI is InChI=1S/C24H29N5O3S2/c1-4-32-19-7-6-16(22(25)30)12-17(19)13-20-27-18(14-33-20)21-15(2)26-23(34-21)24(31)29-9-5-8-28(3)10-11-29/h6-7,12,14H,4-5,8-11,13H2,1-3H3,(H2,25,30). The number of thiazole rings is 2. The van der Waals surface area contributed by atoms with Gasteiger partial charge in [-0.1, -0.05) is 0 Å². The Labute approximate surface area is 207 Å². The number of aryl methyl sites for hydroxylation is 1. The number of nitrogens with zero attached hydrogens (tertiary/aromatic N) is 4.